The number of nitriles is 1. The average molecular weight is 459 g/mol. The molecule has 4 rings (SSSR count). The minimum Gasteiger partial charge on any atom is -0.389 e. The van der Waals surface area contributed by atoms with Gasteiger partial charge >= 0.3 is 0 Å². The summed E-state index contributed by atoms with van der Waals surface area (Å²) in [6.07, 6.45) is 4.46. The van der Waals surface area contributed by atoms with Crippen LogP contribution in [0.15, 0.2) is 54.9 Å². The van der Waals surface area contributed by atoms with Crippen LogP contribution in [0.1, 0.15) is 48.4 Å². The zero-order chi connectivity index (χ0) is 24.3. The van der Waals surface area contributed by atoms with Gasteiger partial charge in [0.05, 0.1) is 52.4 Å². The zero-order valence-electron chi connectivity index (χ0n) is 19.8. The van der Waals surface area contributed by atoms with Crippen LogP contribution in [-0.4, -0.2) is 55.9 Å². The van der Waals surface area contributed by atoms with E-state index in [-0.39, 0.29) is 5.91 Å². The number of benzene rings is 1. The lowest BCUT2D eigenvalue weighted by Gasteiger charge is -2.39. The van der Waals surface area contributed by atoms with E-state index < -0.39 is 11.0 Å². The third-order valence-electron chi connectivity index (χ3n) is 6.30. The Morgan fingerprint density at radius 2 is 1.88 bits per heavy atom. The Morgan fingerprint density at radius 1 is 1.18 bits per heavy atom. The van der Waals surface area contributed by atoms with Gasteiger partial charge in [-0.15, -0.1) is 0 Å². The fourth-order valence-corrected chi connectivity index (χ4v) is 4.48. The van der Waals surface area contributed by atoms with Gasteiger partial charge in [0, 0.05) is 19.6 Å². The molecule has 1 aliphatic rings. The van der Waals surface area contributed by atoms with Crippen molar-refractivity contribution in [2.24, 2.45) is 0 Å². The number of anilines is 1. The Morgan fingerprint density at radius 3 is 2.47 bits per heavy atom. The van der Waals surface area contributed by atoms with Gasteiger partial charge in [0.2, 0.25) is 0 Å². The highest BCUT2D eigenvalue weighted by Gasteiger charge is 2.38. The molecular formula is C26H30N6O2. The molecule has 0 saturated carbocycles. The van der Waals surface area contributed by atoms with Gasteiger partial charge < -0.3 is 15.3 Å². The number of β-amino-alcohol motifs (C(OH)–C–C–N with tert-alkyl or cyclic N) is 1. The number of likely N-dealkylation sites (tertiary alicyclic amines) is 1. The maximum Gasteiger partial charge on any atom is 0.259 e. The molecule has 34 heavy (non-hydrogen) atoms. The second-order valence-electron chi connectivity index (χ2n) is 9.56. The molecular weight excluding hydrogens is 428 g/mol. The first-order chi connectivity index (χ1) is 16.2. The summed E-state index contributed by atoms with van der Waals surface area (Å²) < 4.78 is 1.73. The van der Waals surface area contributed by atoms with Crippen LogP contribution < -0.4 is 5.32 Å². The van der Waals surface area contributed by atoms with Gasteiger partial charge in [-0.2, -0.15) is 10.4 Å². The molecule has 2 aromatic heterocycles. The molecule has 0 aliphatic carbocycles. The highest BCUT2D eigenvalue weighted by Crippen LogP contribution is 2.34. The van der Waals surface area contributed by atoms with Crippen LogP contribution in [-0.2, 0) is 5.41 Å². The van der Waals surface area contributed by atoms with E-state index in [0.717, 1.165) is 24.5 Å². The Kier molecular flexibility index (Phi) is 6.51. The lowest BCUT2D eigenvalue weighted by molar-refractivity contribution is 0.0244. The van der Waals surface area contributed by atoms with E-state index in [2.05, 4.69) is 26.4 Å². The Balaban J connectivity index is 1.44. The molecule has 1 saturated heterocycles. The third-order valence-corrected chi connectivity index (χ3v) is 6.30. The highest BCUT2D eigenvalue weighted by molar-refractivity contribution is 6.04. The van der Waals surface area contributed by atoms with Crippen molar-refractivity contribution in [3.8, 4) is 11.8 Å². The summed E-state index contributed by atoms with van der Waals surface area (Å²) in [7, 11) is 0. The number of aliphatic hydroxyl groups is 1. The van der Waals surface area contributed by atoms with Crippen molar-refractivity contribution in [1.82, 2.24) is 19.7 Å². The van der Waals surface area contributed by atoms with Crippen molar-refractivity contribution in [2.45, 2.75) is 44.6 Å². The topological polar surface area (TPSA) is 107 Å². The van der Waals surface area contributed by atoms with E-state index in [0.29, 0.717) is 36.3 Å². The molecule has 3 heterocycles. The molecule has 8 nitrogen and oxygen atoms in total. The minimum atomic E-state index is -0.763. The summed E-state index contributed by atoms with van der Waals surface area (Å²) in [5, 5.41) is 27.3. The first kappa shape index (κ1) is 23.6. The van der Waals surface area contributed by atoms with Gasteiger partial charge in [-0.1, -0.05) is 18.2 Å². The van der Waals surface area contributed by atoms with Crippen LogP contribution in [0.5, 0.6) is 0 Å². The summed E-state index contributed by atoms with van der Waals surface area (Å²) in [6.45, 7) is 7.47. The Bertz CT molecular complexity index is 1180. The van der Waals surface area contributed by atoms with E-state index in [1.54, 1.807) is 37.0 Å². The monoisotopic (exact) mass is 458 g/mol. The number of nitrogens with one attached hydrogen (secondary N) is 1. The zero-order valence-corrected chi connectivity index (χ0v) is 19.8. The number of carbonyl (C=O) groups is 1. The molecule has 0 atom stereocenters. The third kappa shape index (κ3) is 5.01. The number of pyridine rings is 1. The number of rotatable bonds is 6. The number of nitrogens with zero attached hydrogens (tertiary/aromatic N) is 5. The normalized spacial score (nSPS) is 16.1. The van der Waals surface area contributed by atoms with Crippen molar-refractivity contribution < 1.29 is 9.90 Å². The highest BCUT2D eigenvalue weighted by atomic mass is 16.3. The van der Waals surface area contributed by atoms with E-state index in [1.807, 2.05) is 43.3 Å². The maximum atomic E-state index is 12.9. The quantitative estimate of drug-likeness (QED) is 0.586. The van der Waals surface area contributed by atoms with Crippen LogP contribution >= 0.6 is 0 Å². The van der Waals surface area contributed by atoms with Gasteiger partial charge in [-0.05, 0) is 57.9 Å². The number of carbonyl (C=O) groups excluding carboxylic acids is 1. The van der Waals surface area contributed by atoms with E-state index >= 15 is 0 Å². The van der Waals surface area contributed by atoms with Crippen LogP contribution in [0.2, 0.25) is 0 Å². The molecule has 0 unspecified atom stereocenters. The van der Waals surface area contributed by atoms with Gasteiger partial charge in [-0.25, -0.2) is 4.68 Å². The second-order valence-corrected chi connectivity index (χ2v) is 9.56. The predicted octanol–water partition coefficient (Wildman–Crippen LogP) is 3.46. The summed E-state index contributed by atoms with van der Waals surface area (Å²) in [4.78, 5) is 19.6. The fourth-order valence-electron chi connectivity index (χ4n) is 4.48. The number of hydrogen-bond donors (Lipinski definition) is 2. The first-order valence-electron chi connectivity index (χ1n) is 11.4. The van der Waals surface area contributed by atoms with Crippen LogP contribution in [0.25, 0.3) is 5.69 Å². The van der Waals surface area contributed by atoms with Crippen molar-refractivity contribution in [3.05, 3.63) is 71.8 Å². The molecule has 8 heteroatoms. The number of piperidine rings is 1. The lowest BCUT2D eigenvalue weighted by atomic mass is 9.76. The lowest BCUT2D eigenvalue weighted by Crippen LogP contribution is -2.47. The van der Waals surface area contributed by atoms with Crippen LogP contribution in [0, 0.1) is 18.3 Å². The molecule has 1 aromatic carbocycles. The predicted molar refractivity (Wildman–Crippen MR) is 130 cm³/mol. The largest absolute Gasteiger partial charge is 0.389 e. The van der Waals surface area contributed by atoms with Crippen molar-refractivity contribution in [1.29, 1.82) is 5.26 Å². The molecule has 1 aliphatic heterocycles. The SMILES string of the molecule is Cc1c(C(=O)Nc2ccc(C3(C#N)CCN(CC(C)(C)O)CC3)nc2)cnn1-c1ccccc1. The molecule has 0 radical (unpaired) electrons. The van der Waals surface area contributed by atoms with Gasteiger partial charge in [0.25, 0.3) is 5.91 Å². The van der Waals surface area contributed by atoms with Crippen molar-refractivity contribution in [2.75, 3.05) is 25.0 Å². The smallest absolute Gasteiger partial charge is 0.259 e. The number of amides is 1. The molecule has 2 N–H and O–H groups in total. The fraction of sp³-hybridized carbons (Fsp3) is 0.385. The maximum absolute atomic E-state index is 12.9. The number of hydrogen-bond acceptors (Lipinski definition) is 6. The standard InChI is InChI=1S/C26H30N6O2/c1-19-22(16-29-32(19)21-7-5-4-6-8-21)24(33)30-20-9-10-23(28-15-20)26(17-27)11-13-31(14-12-26)18-25(2,3)34/h4-10,15-16,34H,11-14,18H2,1-3H3,(H,30,33). The first-order valence-corrected chi connectivity index (χ1v) is 11.4. The number of aromatic nitrogens is 3. The molecule has 1 fully saturated rings. The molecule has 1 amide bonds. The minimum absolute atomic E-state index is 0.260. The molecule has 0 spiro atoms. The van der Waals surface area contributed by atoms with Crippen molar-refractivity contribution in [3.63, 3.8) is 0 Å². The van der Waals surface area contributed by atoms with Gasteiger partial charge in [0.1, 0.15) is 5.41 Å². The molecule has 176 valence electrons. The summed E-state index contributed by atoms with van der Waals surface area (Å²) in [5.41, 5.74) is 1.97. The van der Waals surface area contributed by atoms with Gasteiger partial charge in [0.15, 0.2) is 0 Å². The second kappa shape index (κ2) is 9.37. The molecule has 3 aromatic rings. The van der Waals surface area contributed by atoms with E-state index in [1.165, 1.54) is 0 Å². The van der Waals surface area contributed by atoms with E-state index in [4.69, 9.17) is 0 Å². The van der Waals surface area contributed by atoms with Crippen LogP contribution in [0.4, 0.5) is 5.69 Å². The molecule has 0 bridgehead atoms. The van der Waals surface area contributed by atoms with E-state index in [9.17, 15) is 15.2 Å². The summed E-state index contributed by atoms with van der Waals surface area (Å²) >= 11 is 0. The Hall–Kier alpha value is -3.54. The summed E-state index contributed by atoms with van der Waals surface area (Å²) in [5.74, 6) is -0.260. The average Bonchev–Trinajstić information content (AvgIpc) is 3.21. The Labute approximate surface area is 199 Å². The van der Waals surface area contributed by atoms with Crippen molar-refractivity contribution >= 4 is 11.6 Å². The summed E-state index contributed by atoms with van der Waals surface area (Å²) in [6, 6.07) is 15.7. The van der Waals surface area contributed by atoms with Crippen LogP contribution in [0.3, 0.4) is 0 Å². The van der Waals surface area contributed by atoms with Gasteiger partial charge in [-0.3, -0.25) is 9.78 Å². The number of para-hydroxylation sites is 1.